The second-order valence-electron chi connectivity index (χ2n) is 7.35. The third-order valence-corrected chi connectivity index (χ3v) is 5.54. The number of carbonyl (C=O) groups excluding carboxylic acids is 2. The molecule has 1 saturated carbocycles. The molecule has 3 rings (SSSR count). The highest BCUT2D eigenvalue weighted by molar-refractivity contribution is 5.88. The molecule has 0 aromatic heterocycles. The molecule has 0 heterocycles. The van der Waals surface area contributed by atoms with Crippen molar-refractivity contribution in [1.82, 2.24) is 5.32 Å². The van der Waals surface area contributed by atoms with E-state index in [1.165, 1.54) is 13.0 Å². The van der Waals surface area contributed by atoms with E-state index in [0.29, 0.717) is 24.2 Å². The molecular formula is C23H26FNO4. The van der Waals surface area contributed by atoms with Gasteiger partial charge in [0, 0.05) is 17.7 Å². The lowest BCUT2D eigenvalue weighted by Crippen LogP contribution is -2.42. The smallest absolute Gasteiger partial charge is 0.317 e. The molecule has 1 aliphatic rings. The topological polar surface area (TPSA) is 64.6 Å². The number of ether oxygens (including phenoxy) is 2. The van der Waals surface area contributed by atoms with E-state index in [2.05, 4.69) is 5.32 Å². The summed E-state index contributed by atoms with van der Waals surface area (Å²) in [5.41, 5.74) is 0.146. The van der Waals surface area contributed by atoms with Crippen molar-refractivity contribution in [3.05, 3.63) is 65.5 Å². The van der Waals surface area contributed by atoms with Crippen LogP contribution in [0.1, 0.15) is 43.7 Å². The van der Waals surface area contributed by atoms with E-state index in [1.807, 2.05) is 24.3 Å². The second kappa shape index (κ2) is 9.07. The molecule has 6 heteroatoms. The van der Waals surface area contributed by atoms with Crippen LogP contribution in [0.4, 0.5) is 4.39 Å². The zero-order valence-corrected chi connectivity index (χ0v) is 16.7. The van der Waals surface area contributed by atoms with Gasteiger partial charge in [-0.1, -0.05) is 49.2 Å². The number of amides is 1. The van der Waals surface area contributed by atoms with Gasteiger partial charge in [-0.05, 0) is 31.9 Å². The third-order valence-electron chi connectivity index (χ3n) is 5.54. The molecule has 1 amide bonds. The lowest BCUT2D eigenvalue weighted by Gasteiger charge is -2.29. The summed E-state index contributed by atoms with van der Waals surface area (Å²) in [7, 11) is 1.56. The number of benzene rings is 2. The Morgan fingerprint density at radius 1 is 1.10 bits per heavy atom. The highest BCUT2D eigenvalue weighted by Crippen LogP contribution is 2.43. The van der Waals surface area contributed by atoms with E-state index in [9.17, 15) is 14.0 Å². The van der Waals surface area contributed by atoms with Gasteiger partial charge in [0.2, 0.25) is 0 Å². The molecule has 154 valence electrons. The molecule has 2 aromatic rings. The number of hydrogen-bond donors (Lipinski definition) is 1. The number of halogens is 1. The fraction of sp³-hybridized carbons (Fsp3) is 0.391. The fourth-order valence-electron chi connectivity index (χ4n) is 3.91. The van der Waals surface area contributed by atoms with Gasteiger partial charge >= 0.3 is 5.97 Å². The number of hydrogen-bond acceptors (Lipinski definition) is 4. The predicted octanol–water partition coefficient (Wildman–Crippen LogP) is 3.89. The molecular weight excluding hydrogens is 373 g/mol. The van der Waals surface area contributed by atoms with Crippen molar-refractivity contribution < 1.29 is 23.5 Å². The number of nitrogens with one attached hydrogen (secondary N) is 1. The molecule has 1 N–H and O–H groups in total. The van der Waals surface area contributed by atoms with Gasteiger partial charge in [-0.15, -0.1) is 0 Å². The summed E-state index contributed by atoms with van der Waals surface area (Å²) in [6.07, 6.45) is 1.68. The van der Waals surface area contributed by atoms with Gasteiger partial charge in [0.25, 0.3) is 5.91 Å². The number of esters is 1. The van der Waals surface area contributed by atoms with E-state index in [-0.39, 0.29) is 6.54 Å². The van der Waals surface area contributed by atoms with Crippen molar-refractivity contribution in [1.29, 1.82) is 0 Å². The maximum atomic E-state index is 14.4. The number of methoxy groups -OCH3 is 1. The van der Waals surface area contributed by atoms with Crippen LogP contribution >= 0.6 is 0 Å². The average molecular weight is 399 g/mol. The third kappa shape index (κ3) is 4.42. The Kier molecular flexibility index (Phi) is 6.52. The highest BCUT2D eigenvalue weighted by Gasteiger charge is 2.46. The average Bonchev–Trinajstić information content (AvgIpc) is 3.23. The number of rotatable bonds is 7. The predicted molar refractivity (Wildman–Crippen MR) is 107 cm³/mol. The van der Waals surface area contributed by atoms with Crippen molar-refractivity contribution >= 4 is 11.9 Å². The number of carbonyl (C=O) groups is 2. The molecule has 1 aliphatic carbocycles. The van der Waals surface area contributed by atoms with Gasteiger partial charge in [-0.3, -0.25) is 9.59 Å². The van der Waals surface area contributed by atoms with Crippen molar-refractivity contribution in [2.75, 3.05) is 7.11 Å². The molecule has 0 unspecified atom stereocenters. The van der Waals surface area contributed by atoms with Gasteiger partial charge in [-0.2, -0.15) is 0 Å². The molecule has 0 aliphatic heterocycles. The zero-order chi connectivity index (χ0) is 20.9. The van der Waals surface area contributed by atoms with Crippen molar-refractivity contribution in [3.63, 3.8) is 0 Å². The molecule has 5 nitrogen and oxygen atoms in total. The minimum Gasteiger partial charge on any atom is -0.496 e. The first-order valence-electron chi connectivity index (χ1n) is 9.83. The Balaban J connectivity index is 1.67. The molecule has 2 aromatic carbocycles. The first-order valence-corrected chi connectivity index (χ1v) is 9.83. The van der Waals surface area contributed by atoms with Gasteiger partial charge in [0.05, 0.1) is 12.5 Å². The first kappa shape index (κ1) is 20.8. The van der Waals surface area contributed by atoms with Gasteiger partial charge < -0.3 is 14.8 Å². The molecule has 1 atom stereocenters. The van der Waals surface area contributed by atoms with Gasteiger partial charge in [-0.25, -0.2) is 4.39 Å². The zero-order valence-electron chi connectivity index (χ0n) is 16.7. The Morgan fingerprint density at radius 2 is 1.76 bits per heavy atom. The normalized spacial score (nSPS) is 16.1. The Morgan fingerprint density at radius 3 is 2.45 bits per heavy atom. The molecule has 1 fully saturated rings. The monoisotopic (exact) mass is 399 g/mol. The molecule has 0 saturated heterocycles. The van der Waals surface area contributed by atoms with E-state index in [0.717, 1.165) is 18.4 Å². The summed E-state index contributed by atoms with van der Waals surface area (Å²) in [5.74, 6) is -0.701. The van der Waals surface area contributed by atoms with Crippen LogP contribution in [0.25, 0.3) is 0 Å². The lowest BCUT2D eigenvalue weighted by molar-refractivity contribution is -0.160. The summed E-state index contributed by atoms with van der Waals surface area (Å²) < 4.78 is 25.2. The largest absolute Gasteiger partial charge is 0.496 e. The van der Waals surface area contributed by atoms with Crippen molar-refractivity contribution in [3.8, 4) is 5.75 Å². The maximum Gasteiger partial charge on any atom is 0.317 e. The van der Waals surface area contributed by atoms with Crippen LogP contribution in [0.3, 0.4) is 0 Å². The Labute approximate surface area is 170 Å². The van der Waals surface area contributed by atoms with Crippen molar-refractivity contribution in [2.24, 2.45) is 0 Å². The summed E-state index contributed by atoms with van der Waals surface area (Å²) in [5, 5.41) is 2.76. The molecule has 29 heavy (non-hydrogen) atoms. The van der Waals surface area contributed by atoms with Gasteiger partial charge in [0.1, 0.15) is 11.6 Å². The molecule has 0 radical (unpaired) electrons. The van der Waals surface area contributed by atoms with Crippen molar-refractivity contribution in [2.45, 2.75) is 50.7 Å². The quantitative estimate of drug-likeness (QED) is 0.718. The summed E-state index contributed by atoms with van der Waals surface area (Å²) in [4.78, 5) is 25.5. The van der Waals surface area contributed by atoms with Crippen LogP contribution in [0, 0.1) is 5.82 Å². The van der Waals surface area contributed by atoms with E-state index < -0.39 is 29.2 Å². The van der Waals surface area contributed by atoms with Gasteiger partial charge in [0.15, 0.2) is 6.10 Å². The minimum absolute atomic E-state index is 0.253. The molecule has 0 spiro atoms. The lowest BCUT2D eigenvalue weighted by atomic mass is 9.78. The highest BCUT2D eigenvalue weighted by atomic mass is 19.1. The van der Waals surface area contributed by atoms with E-state index in [1.54, 1.807) is 25.3 Å². The maximum absolute atomic E-state index is 14.4. The summed E-state index contributed by atoms with van der Waals surface area (Å²) >= 11 is 0. The van der Waals surface area contributed by atoms with Crippen LogP contribution in [-0.2, 0) is 26.3 Å². The fourth-order valence-corrected chi connectivity index (χ4v) is 3.91. The Hall–Kier alpha value is -2.89. The Bertz CT molecular complexity index is 877. The van der Waals surface area contributed by atoms with E-state index in [4.69, 9.17) is 9.47 Å². The summed E-state index contributed by atoms with van der Waals surface area (Å²) in [6, 6.07) is 13.7. The minimum atomic E-state index is -1.03. The van der Waals surface area contributed by atoms with Crippen LogP contribution in [0.15, 0.2) is 48.5 Å². The SMILES string of the molecule is COc1ccccc1CNC(=O)[C@H](C)OC(=O)C1(c2ccccc2F)CCCC1. The van der Waals surface area contributed by atoms with Crippen LogP contribution < -0.4 is 10.1 Å². The molecule has 0 bridgehead atoms. The summed E-state index contributed by atoms with van der Waals surface area (Å²) in [6.45, 7) is 1.78. The number of para-hydroxylation sites is 1. The standard InChI is InChI=1S/C23H26FNO4/c1-16(21(26)25-15-17-9-3-6-12-20(17)28-2)29-22(27)23(13-7-8-14-23)18-10-4-5-11-19(18)24/h3-6,9-12,16H,7-8,13-15H2,1-2H3,(H,25,26)/t16-/m0/s1. The second-order valence-corrected chi connectivity index (χ2v) is 7.35. The van der Waals surface area contributed by atoms with Crippen LogP contribution in [-0.4, -0.2) is 25.1 Å². The van der Waals surface area contributed by atoms with Crippen LogP contribution in [0.5, 0.6) is 5.75 Å². The first-order chi connectivity index (χ1) is 14.0. The van der Waals surface area contributed by atoms with Crippen LogP contribution in [0.2, 0.25) is 0 Å². The van der Waals surface area contributed by atoms with E-state index >= 15 is 0 Å².